The molecule has 0 bridgehead atoms. The number of methoxy groups -OCH3 is 1. The normalized spacial score (nSPS) is 10.5. The minimum absolute atomic E-state index is 0.0636. The number of hydrazine groups is 1. The molecule has 0 unspecified atom stereocenters. The summed E-state index contributed by atoms with van der Waals surface area (Å²) in [7, 11) is 3.41. The van der Waals surface area contributed by atoms with E-state index in [1.54, 1.807) is 31.4 Å². The van der Waals surface area contributed by atoms with Crippen LogP contribution in [-0.4, -0.2) is 28.5 Å². The van der Waals surface area contributed by atoms with Crippen LogP contribution in [-0.2, 0) is 18.3 Å². The molecule has 7 nitrogen and oxygen atoms in total. The predicted octanol–water partition coefficient (Wildman–Crippen LogP) is 1.59. The quantitative estimate of drug-likeness (QED) is 0.708. The Kier molecular flexibility index (Phi) is 4.65. The third-order valence-electron chi connectivity index (χ3n) is 3.87. The van der Waals surface area contributed by atoms with E-state index in [0.717, 1.165) is 11.0 Å². The standard InChI is InChI=1S/C18H18N4O3/c1-22-15-6-4-3-5-14(15)19-16(22)11-17(23)20-21-18(24)12-7-9-13(25-2)10-8-12/h3-10H,11H2,1-2H3,(H,20,23)(H,21,24). The fourth-order valence-corrected chi connectivity index (χ4v) is 2.48. The molecular weight excluding hydrogens is 320 g/mol. The van der Waals surface area contributed by atoms with E-state index in [0.29, 0.717) is 17.1 Å². The van der Waals surface area contributed by atoms with Crippen molar-refractivity contribution in [3.63, 3.8) is 0 Å². The molecule has 7 heteroatoms. The molecule has 0 saturated heterocycles. The Bertz CT molecular complexity index is 916. The van der Waals surface area contributed by atoms with Crippen LogP contribution >= 0.6 is 0 Å². The van der Waals surface area contributed by atoms with Crippen molar-refractivity contribution < 1.29 is 14.3 Å². The van der Waals surface area contributed by atoms with Crippen molar-refractivity contribution in [1.82, 2.24) is 20.4 Å². The van der Waals surface area contributed by atoms with E-state index in [2.05, 4.69) is 15.8 Å². The summed E-state index contributed by atoms with van der Waals surface area (Å²) < 4.78 is 6.90. The first kappa shape index (κ1) is 16.5. The number of rotatable bonds is 4. The van der Waals surface area contributed by atoms with Crippen LogP contribution in [0.2, 0.25) is 0 Å². The first-order valence-corrected chi connectivity index (χ1v) is 7.72. The molecule has 0 fully saturated rings. The summed E-state index contributed by atoms with van der Waals surface area (Å²) in [6, 6.07) is 14.2. The van der Waals surface area contributed by atoms with Gasteiger partial charge in [-0.2, -0.15) is 0 Å². The number of benzene rings is 2. The second kappa shape index (κ2) is 7.04. The van der Waals surface area contributed by atoms with E-state index in [1.165, 1.54) is 0 Å². The monoisotopic (exact) mass is 338 g/mol. The van der Waals surface area contributed by atoms with Crippen LogP contribution in [0, 0.1) is 0 Å². The molecule has 1 heterocycles. The van der Waals surface area contributed by atoms with Gasteiger partial charge in [-0.05, 0) is 36.4 Å². The Hall–Kier alpha value is -3.35. The highest BCUT2D eigenvalue weighted by molar-refractivity contribution is 5.95. The highest BCUT2D eigenvalue weighted by Gasteiger charge is 2.13. The lowest BCUT2D eigenvalue weighted by Crippen LogP contribution is -2.42. The number of nitrogens with one attached hydrogen (secondary N) is 2. The summed E-state index contributed by atoms with van der Waals surface area (Å²) in [6.45, 7) is 0. The van der Waals surface area contributed by atoms with Crippen molar-refractivity contribution in [1.29, 1.82) is 0 Å². The van der Waals surface area contributed by atoms with Gasteiger partial charge in [-0.25, -0.2) is 4.98 Å². The van der Waals surface area contributed by atoms with Gasteiger partial charge in [0.15, 0.2) is 0 Å². The molecular formula is C18H18N4O3. The summed E-state index contributed by atoms with van der Waals surface area (Å²) in [4.78, 5) is 28.5. The lowest BCUT2D eigenvalue weighted by atomic mass is 10.2. The van der Waals surface area contributed by atoms with Gasteiger partial charge in [0.25, 0.3) is 5.91 Å². The van der Waals surface area contributed by atoms with E-state index >= 15 is 0 Å². The largest absolute Gasteiger partial charge is 0.497 e. The number of nitrogens with zero attached hydrogens (tertiary/aromatic N) is 2. The summed E-state index contributed by atoms with van der Waals surface area (Å²) in [5, 5.41) is 0. The number of aromatic nitrogens is 2. The zero-order valence-electron chi connectivity index (χ0n) is 13.9. The molecule has 0 aliphatic carbocycles. The zero-order chi connectivity index (χ0) is 17.8. The number of amides is 2. The van der Waals surface area contributed by atoms with E-state index in [1.807, 2.05) is 35.9 Å². The summed E-state index contributed by atoms with van der Waals surface area (Å²) >= 11 is 0. The Morgan fingerprint density at radius 1 is 1.08 bits per heavy atom. The Morgan fingerprint density at radius 3 is 2.48 bits per heavy atom. The molecule has 3 aromatic rings. The lowest BCUT2D eigenvalue weighted by molar-refractivity contribution is -0.121. The second-order valence-corrected chi connectivity index (χ2v) is 5.48. The molecule has 25 heavy (non-hydrogen) atoms. The SMILES string of the molecule is COc1ccc(C(=O)NNC(=O)Cc2nc3ccccc3n2C)cc1. The molecule has 0 saturated carbocycles. The average molecular weight is 338 g/mol. The van der Waals surface area contributed by atoms with Crippen LogP contribution in [0.3, 0.4) is 0 Å². The molecule has 0 aliphatic rings. The summed E-state index contributed by atoms with van der Waals surface area (Å²) in [6.07, 6.45) is 0.0636. The Balaban J connectivity index is 1.60. The minimum Gasteiger partial charge on any atom is -0.497 e. The second-order valence-electron chi connectivity index (χ2n) is 5.48. The number of imidazole rings is 1. The number of carbonyl (C=O) groups excluding carboxylic acids is 2. The average Bonchev–Trinajstić information content (AvgIpc) is 2.96. The van der Waals surface area contributed by atoms with Gasteiger partial charge in [-0.1, -0.05) is 12.1 Å². The molecule has 2 aromatic carbocycles. The molecule has 0 spiro atoms. The molecule has 3 rings (SSSR count). The number of carbonyl (C=O) groups is 2. The van der Waals surface area contributed by atoms with Gasteiger partial charge in [0, 0.05) is 12.6 Å². The molecule has 1 aromatic heterocycles. The maximum absolute atomic E-state index is 12.1. The molecule has 0 radical (unpaired) electrons. The fraction of sp³-hybridized carbons (Fsp3) is 0.167. The van der Waals surface area contributed by atoms with Gasteiger partial charge in [0.1, 0.15) is 11.6 Å². The van der Waals surface area contributed by atoms with Crippen LogP contribution in [0.5, 0.6) is 5.75 Å². The van der Waals surface area contributed by atoms with Crippen molar-refractivity contribution in [2.75, 3.05) is 7.11 Å². The van der Waals surface area contributed by atoms with Crippen LogP contribution in [0.4, 0.5) is 0 Å². The van der Waals surface area contributed by atoms with Gasteiger partial charge >= 0.3 is 0 Å². The van der Waals surface area contributed by atoms with E-state index in [4.69, 9.17) is 4.74 Å². The first-order chi connectivity index (χ1) is 12.1. The molecule has 128 valence electrons. The van der Waals surface area contributed by atoms with Crippen LogP contribution < -0.4 is 15.6 Å². The Morgan fingerprint density at radius 2 is 1.80 bits per heavy atom. The van der Waals surface area contributed by atoms with E-state index in [-0.39, 0.29) is 12.3 Å². The third kappa shape index (κ3) is 3.60. The lowest BCUT2D eigenvalue weighted by Gasteiger charge is -2.08. The van der Waals surface area contributed by atoms with Crippen molar-refractivity contribution in [2.45, 2.75) is 6.42 Å². The number of fused-ring (bicyclic) bond motifs is 1. The fourth-order valence-electron chi connectivity index (χ4n) is 2.48. The number of hydrogen-bond acceptors (Lipinski definition) is 4. The Labute approximate surface area is 144 Å². The van der Waals surface area contributed by atoms with Crippen molar-refractivity contribution in [2.24, 2.45) is 7.05 Å². The highest BCUT2D eigenvalue weighted by atomic mass is 16.5. The van der Waals surface area contributed by atoms with Gasteiger partial charge in [-0.3, -0.25) is 20.4 Å². The van der Waals surface area contributed by atoms with Gasteiger partial charge in [0.05, 0.1) is 24.6 Å². The number of ether oxygens (including phenoxy) is 1. The van der Waals surface area contributed by atoms with Crippen LogP contribution in [0.1, 0.15) is 16.2 Å². The van der Waals surface area contributed by atoms with Crippen LogP contribution in [0.15, 0.2) is 48.5 Å². The molecule has 2 amide bonds. The maximum Gasteiger partial charge on any atom is 0.269 e. The minimum atomic E-state index is -0.402. The van der Waals surface area contributed by atoms with Gasteiger partial charge in [-0.15, -0.1) is 0 Å². The number of hydrogen-bond donors (Lipinski definition) is 2. The smallest absolute Gasteiger partial charge is 0.269 e. The number of aryl methyl sites for hydroxylation is 1. The van der Waals surface area contributed by atoms with Crippen LogP contribution in [0.25, 0.3) is 11.0 Å². The van der Waals surface area contributed by atoms with E-state index in [9.17, 15) is 9.59 Å². The molecule has 0 atom stereocenters. The summed E-state index contributed by atoms with van der Waals surface area (Å²) in [5.41, 5.74) is 7.00. The third-order valence-corrected chi connectivity index (χ3v) is 3.87. The van der Waals surface area contributed by atoms with Crippen molar-refractivity contribution in [3.8, 4) is 5.75 Å². The van der Waals surface area contributed by atoms with Gasteiger partial charge < -0.3 is 9.30 Å². The van der Waals surface area contributed by atoms with Gasteiger partial charge in [0.2, 0.25) is 5.91 Å². The van der Waals surface area contributed by atoms with E-state index < -0.39 is 5.91 Å². The molecule has 0 aliphatic heterocycles. The highest BCUT2D eigenvalue weighted by Crippen LogP contribution is 2.14. The maximum atomic E-state index is 12.1. The van der Waals surface area contributed by atoms with Crippen molar-refractivity contribution in [3.05, 3.63) is 59.9 Å². The van der Waals surface area contributed by atoms with Crippen molar-refractivity contribution >= 4 is 22.8 Å². The first-order valence-electron chi connectivity index (χ1n) is 7.72. The zero-order valence-corrected chi connectivity index (χ0v) is 13.9. The molecule has 2 N–H and O–H groups in total. The summed E-state index contributed by atoms with van der Waals surface area (Å²) in [5.74, 6) is 0.529. The topological polar surface area (TPSA) is 85.2 Å². The predicted molar refractivity (Wildman–Crippen MR) is 93.0 cm³/mol. The number of para-hydroxylation sites is 2.